The number of H-pyrrole nitrogens is 1. The Bertz CT molecular complexity index is 1700. The van der Waals surface area contributed by atoms with Crippen LogP contribution in [0.3, 0.4) is 0 Å². The molecule has 1 aliphatic heterocycles. The maximum Gasteiger partial charge on any atom is 0.323 e. The van der Waals surface area contributed by atoms with E-state index in [9.17, 15) is 14.0 Å². The van der Waals surface area contributed by atoms with Crippen molar-refractivity contribution in [1.29, 1.82) is 0 Å². The highest BCUT2D eigenvalue weighted by molar-refractivity contribution is 6.01. The van der Waals surface area contributed by atoms with Crippen molar-refractivity contribution in [3.05, 3.63) is 132 Å². The van der Waals surface area contributed by atoms with Gasteiger partial charge in [-0.3, -0.25) is 4.79 Å². The van der Waals surface area contributed by atoms with Crippen LogP contribution in [0.4, 0.5) is 26.2 Å². The Morgan fingerprint density at radius 2 is 1.59 bits per heavy atom. The summed E-state index contributed by atoms with van der Waals surface area (Å²) >= 11 is 0. The molecular formula is C33H31Cl2FN6O2. The first-order valence-corrected chi connectivity index (χ1v) is 13.7. The van der Waals surface area contributed by atoms with Crippen LogP contribution in [-0.2, 0) is 13.1 Å². The van der Waals surface area contributed by atoms with Crippen molar-refractivity contribution < 1.29 is 14.0 Å². The molecule has 0 atom stereocenters. The Hall–Kier alpha value is -4.86. The molecule has 0 bridgehead atoms. The number of anilines is 3. The van der Waals surface area contributed by atoms with E-state index in [1.54, 1.807) is 30.6 Å². The fourth-order valence-corrected chi connectivity index (χ4v) is 5.13. The first-order chi connectivity index (χ1) is 20.5. The standard InChI is InChI=1S/C33H29FN6O2.2ClH/c34-27-10-12-28(13-11-27)37-33(42)38-29-8-4-7-25(18-29)32(41)40-16-15-39(21-30-19-35-22-36-30)31-14-9-24(17-26(31)20-40)23-5-2-1-3-6-23;;/h1-14,17-19,22H,15-16,20-21H2,(H,35,36)(H2,37,38,42);2*1H. The lowest BCUT2D eigenvalue weighted by Gasteiger charge is -2.24. The normalized spacial score (nSPS) is 12.2. The molecule has 1 aliphatic rings. The molecule has 1 aromatic heterocycles. The summed E-state index contributed by atoms with van der Waals surface area (Å²) in [5, 5.41) is 5.42. The summed E-state index contributed by atoms with van der Waals surface area (Å²) in [6.45, 7) is 2.24. The Kier molecular flexibility index (Phi) is 10.6. The Balaban J connectivity index is 0.00000221. The largest absolute Gasteiger partial charge is 0.364 e. The number of urea groups is 1. The molecule has 0 spiro atoms. The van der Waals surface area contributed by atoms with Crippen LogP contribution in [0.1, 0.15) is 21.6 Å². The van der Waals surface area contributed by atoms with Crippen molar-refractivity contribution in [2.24, 2.45) is 0 Å². The van der Waals surface area contributed by atoms with Crippen LogP contribution in [0.15, 0.2) is 110 Å². The van der Waals surface area contributed by atoms with Gasteiger partial charge in [0.2, 0.25) is 0 Å². The van der Waals surface area contributed by atoms with Gasteiger partial charge in [0.05, 0.1) is 18.6 Å². The number of aromatic amines is 1. The van der Waals surface area contributed by atoms with Crippen molar-refractivity contribution in [3.8, 4) is 11.1 Å². The molecule has 0 unspecified atom stereocenters. The third-order valence-electron chi connectivity index (χ3n) is 7.20. The number of carbonyl (C=O) groups is 2. The maximum atomic E-state index is 13.8. The minimum atomic E-state index is -0.488. The molecule has 5 aromatic rings. The number of hydrogen-bond acceptors (Lipinski definition) is 4. The summed E-state index contributed by atoms with van der Waals surface area (Å²) in [7, 11) is 0. The van der Waals surface area contributed by atoms with Crippen molar-refractivity contribution in [2.75, 3.05) is 28.6 Å². The van der Waals surface area contributed by atoms with Crippen LogP contribution in [-0.4, -0.2) is 39.9 Å². The molecule has 2 heterocycles. The first kappa shape index (κ1) is 32.1. The number of nitrogens with zero attached hydrogens (tertiary/aromatic N) is 3. The summed E-state index contributed by atoms with van der Waals surface area (Å²) in [6, 6.07) is 28.5. The van der Waals surface area contributed by atoms with E-state index < -0.39 is 6.03 Å². The number of aromatic nitrogens is 2. The van der Waals surface area contributed by atoms with Gasteiger partial charge in [0.15, 0.2) is 0 Å². The summed E-state index contributed by atoms with van der Waals surface area (Å²) in [5.74, 6) is -0.513. The second kappa shape index (κ2) is 14.5. The lowest BCUT2D eigenvalue weighted by atomic mass is 10.0. The summed E-state index contributed by atoms with van der Waals surface area (Å²) < 4.78 is 13.2. The number of benzene rings is 4. The minimum Gasteiger partial charge on any atom is -0.364 e. The van der Waals surface area contributed by atoms with E-state index in [2.05, 4.69) is 55.8 Å². The molecule has 11 heteroatoms. The second-order valence-electron chi connectivity index (χ2n) is 10.1. The summed E-state index contributed by atoms with van der Waals surface area (Å²) in [4.78, 5) is 37.8. The number of fused-ring (bicyclic) bond motifs is 1. The molecule has 0 fully saturated rings. The van der Waals surface area contributed by atoms with Gasteiger partial charge in [-0.05, 0) is 71.3 Å². The van der Waals surface area contributed by atoms with Gasteiger partial charge in [-0.2, -0.15) is 0 Å². The molecule has 8 nitrogen and oxygen atoms in total. The summed E-state index contributed by atoms with van der Waals surface area (Å²) in [6.07, 6.45) is 3.49. The van der Waals surface area contributed by atoms with Crippen LogP contribution >= 0.6 is 24.8 Å². The SMILES string of the molecule is Cl.Cl.O=C(Nc1ccc(F)cc1)Nc1cccc(C(=O)N2CCN(Cc3cnc[nH]3)c3ccc(-c4ccccc4)cc3C2)c1. The lowest BCUT2D eigenvalue weighted by Crippen LogP contribution is -2.35. The van der Waals surface area contributed by atoms with Gasteiger partial charge in [-0.15, -0.1) is 24.8 Å². The van der Waals surface area contributed by atoms with Gasteiger partial charge in [0.25, 0.3) is 5.91 Å². The van der Waals surface area contributed by atoms with Gasteiger partial charge >= 0.3 is 6.03 Å². The number of hydrogen-bond donors (Lipinski definition) is 3. The Morgan fingerprint density at radius 3 is 2.34 bits per heavy atom. The fraction of sp³-hybridized carbons (Fsp3) is 0.121. The van der Waals surface area contributed by atoms with Crippen LogP contribution in [0.2, 0.25) is 0 Å². The highest BCUT2D eigenvalue weighted by Crippen LogP contribution is 2.32. The summed E-state index contributed by atoms with van der Waals surface area (Å²) in [5.41, 5.74) is 6.72. The van der Waals surface area contributed by atoms with Crippen molar-refractivity contribution in [1.82, 2.24) is 14.9 Å². The molecule has 3 amide bonds. The molecule has 3 N–H and O–H groups in total. The van der Waals surface area contributed by atoms with Crippen molar-refractivity contribution >= 4 is 53.8 Å². The van der Waals surface area contributed by atoms with Crippen molar-refractivity contribution in [3.63, 3.8) is 0 Å². The van der Waals surface area contributed by atoms with Crippen LogP contribution in [0.5, 0.6) is 0 Å². The zero-order valence-electron chi connectivity index (χ0n) is 23.6. The van der Waals surface area contributed by atoms with E-state index in [0.717, 1.165) is 28.1 Å². The number of imidazole rings is 1. The topological polar surface area (TPSA) is 93.4 Å². The zero-order chi connectivity index (χ0) is 28.9. The number of nitrogens with one attached hydrogen (secondary N) is 3. The molecular weight excluding hydrogens is 602 g/mol. The zero-order valence-corrected chi connectivity index (χ0v) is 25.2. The smallest absolute Gasteiger partial charge is 0.323 e. The van der Waals surface area contributed by atoms with E-state index in [1.807, 2.05) is 29.3 Å². The van der Waals surface area contributed by atoms with E-state index >= 15 is 0 Å². The molecule has 0 aliphatic carbocycles. The molecule has 6 rings (SSSR count). The highest BCUT2D eigenvalue weighted by Gasteiger charge is 2.25. The number of carbonyl (C=O) groups excluding carboxylic acids is 2. The molecule has 226 valence electrons. The lowest BCUT2D eigenvalue weighted by molar-refractivity contribution is 0.0751. The molecule has 0 saturated heterocycles. The minimum absolute atomic E-state index is 0. The first-order valence-electron chi connectivity index (χ1n) is 13.7. The fourth-order valence-electron chi connectivity index (χ4n) is 5.13. The van der Waals surface area contributed by atoms with Crippen LogP contribution in [0, 0.1) is 5.82 Å². The van der Waals surface area contributed by atoms with Gasteiger partial charge in [0, 0.05) is 48.5 Å². The average molecular weight is 634 g/mol. The maximum absolute atomic E-state index is 13.8. The third-order valence-corrected chi connectivity index (χ3v) is 7.20. The molecule has 0 saturated carbocycles. The predicted octanol–water partition coefficient (Wildman–Crippen LogP) is 7.37. The highest BCUT2D eigenvalue weighted by atomic mass is 35.5. The predicted molar refractivity (Wildman–Crippen MR) is 176 cm³/mol. The van der Waals surface area contributed by atoms with Crippen molar-refractivity contribution in [2.45, 2.75) is 13.1 Å². The van der Waals surface area contributed by atoms with E-state index in [0.29, 0.717) is 43.1 Å². The number of amides is 3. The van der Waals surface area contributed by atoms with E-state index in [4.69, 9.17) is 0 Å². The second-order valence-corrected chi connectivity index (χ2v) is 10.1. The molecule has 4 aromatic carbocycles. The van der Waals surface area contributed by atoms with E-state index in [1.165, 1.54) is 24.3 Å². The van der Waals surface area contributed by atoms with Gasteiger partial charge in [0.1, 0.15) is 5.82 Å². The molecule has 44 heavy (non-hydrogen) atoms. The molecule has 0 radical (unpaired) electrons. The van der Waals surface area contributed by atoms with Crippen LogP contribution < -0.4 is 15.5 Å². The van der Waals surface area contributed by atoms with Crippen LogP contribution in [0.25, 0.3) is 11.1 Å². The Labute approximate surface area is 267 Å². The quantitative estimate of drug-likeness (QED) is 0.182. The van der Waals surface area contributed by atoms with Gasteiger partial charge in [-0.1, -0.05) is 42.5 Å². The monoisotopic (exact) mass is 632 g/mol. The number of rotatable bonds is 6. The number of halogens is 3. The van der Waals surface area contributed by atoms with E-state index in [-0.39, 0.29) is 36.5 Å². The third kappa shape index (κ3) is 7.55. The van der Waals surface area contributed by atoms with Gasteiger partial charge < -0.3 is 25.4 Å². The van der Waals surface area contributed by atoms with Gasteiger partial charge in [-0.25, -0.2) is 14.2 Å². The average Bonchev–Trinajstić information content (AvgIpc) is 3.46. The Morgan fingerprint density at radius 1 is 0.818 bits per heavy atom.